The summed E-state index contributed by atoms with van der Waals surface area (Å²) in [6, 6.07) is 2.81. The lowest BCUT2D eigenvalue weighted by molar-refractivity contribution is 0.0557. The van der Waals surface area contributed by atoms with Crippen LogP contribution in [0.2, 0.25) is 0 Å². The lowest BCUT2D eigenvalue weighted by Crippen LogP contribution is -2.57. The van der Waals surface area contributed by atoms with E-state index in [1.807, 2.05) is 14.1 Å². The first-order chi connectivity index (χ1) is 9.44. The Morgan fingerprint density at radius 1 is 1.45 bits per heavy atom. The third-order valence-electron chi connectivity index (χ3n) is 4.05. The van der Waals surface area contributed by atoms with Crippen molar-refractivity contribution in [2.24, 2.45) is 0 Å². The summed E-state index contributed by atoms with van der Waals surface area (Å²) in [4.78, 5) is 28.8. The number of rotatable bonds is 5. The van der Waals surface area contributed by atoms with E-state index in [2.05, 4.69) is 15.2 Å². The normalized spacial score (nSPS) is 16.6. The number of pyridine rings is 1. The zero-order chi connectivity index (χ0) is 14.8. The summed E-state index contributed by atoms with van der Waals surface area (Å²) in [5.74, 6) is -1.40. The van der Waals surface area contributed by atoms with Crippen LogP contribution in [0, 0.1) is 0 Å². The van der Waals surface area contributed by atoms with Gasteiger partial charge in [-0.15, -0.1) is 0 Å². The highest BCUT2D eigenvalue weighted by Crippen LogP contribution is 2.35. The average Bonchev–Trinajstić information content (AvgIpc) is 2.37. The summed E-state index contributed by atoms with van der Waals surface area (Å²) in [6.07, 6.45) is 4.64. The van der Waals surface area contributed by atoms with Gasteiger partial charge in [0.25, 0.3) is 5.91 Å². The van der Waals surface area contributed by atoms with Crippen LogP contribution in [0.15, 0.2) is 18.3 Å². The molecule has 0 aliphatic heterocycles. The number of nitrogens with one attached hydrogen (secondary N) is 1. The Hall–Kier alpha value is -1.95. The van der Waals surface area contributed by atoms with Crippen molar-refractivity contribution >= 4 is 11.9 Å². The molecule has 20 heavy (non-hydrogen) atoms. The van der Waals surface area contributed by atoms with Gasteiger partial charge in [0.2, 0.25) is 0 Å². The van der Waals surface area contributed by atoms with Crippen LogP contribution in [-0.4, -0.2) is 53.0 Å². The molecule has 0 radical (unpaired) electrons. The zero-order valence-electron chi connectivity index (χ0n) is 11.7. The van der Waals surface area contributed by atoms with Crippen LogP contribution in [0.3, 0.4) is 0 Å². The fourth-order valence-corrected chi connectivity index (χ4v) is 2.40. The van der Waals surface area contributed by atoms with Gasteiger partial charge in [0, 0.05) is 23.8 Å². The van der Waals surface area contributed by atoms with Crippen molar-refractivity contribution < 1.29 is 14.7 Å². The molecule has 1 fully saturated rings. The standard InChI is InChI=1S/C14H19N3O3/c1-17(2)14(5-3-6-14)9-16-12(18)10-4-7-15-11(8-10)13(19)20/h4,7-8H,3,5-6,9H2,1-2H3,(H,16,18)(H,19,20). The minimum Gasteiger partial charge on any atom is -0.477 e. The Kier molecular flexibility index (Phi) is 4.04. The number of nitrogens with zero attached hydrogens (tertiary/aromatic N) is 2. The van der Waals surface area contributed by atoms with Crippen molar-refractivity contribution in [3.05, 3.63) is 29.6 Å². The molecular weight excluding hydrogens is 258 g/mol. The van der Waals surface area contributed by atoms with Crippen LogP contribution in [0.1, 0.15) is 40.1 Å². The van der Waals surface area contributed by atoms with Gasteiger partial charge in [0.15, 0.2) is 0 Å². The second kappa shape index (κ2) is 5.58. The summed E-state index contributed by atoms with van der Waals surface area (Å²) < 4.78 is 0. The monoisotopic (exact) mass is 277 g/mol. The smallest absolute Gasteiger partial charge is 0.354 e. The molecule has 6 heteroatoms. The number of aromatic carboxylic acids is 1. The maximum atomic E-state index is 12.1. The van der Waals surface area contributed by atoms with Crippen LogP contribution in [0.25, 0.3) is 0 Å². The molecule has 6 nitrogen and oxygen atoms in total. The van der Waals surface area contributed by atoms with Crippen molar-refractivity contribution in [3.8, 4) is 0 Å². The van der Waals surface area contributed by atoms with E-state index in [1.165, 1.54) is 24.8 Å². The molecular formula is C14H19N3O3. The van der Waals surface area contributed by atoms with Crippen molar-refractivity contribution in [2.45, 2.75) is 24.8 Å². The highest BCUT2D eigenvalue weighted by Gasteiger charge is 2.39. The van der Waals surface area contributed by atoms with E-state index in [1.54, 1.807) is 0 Å². The summed E-state index contributed by atoms with van der Waals surface area (Å²) in [6.45, 7) is 0.573. The number of hydrogen-bond acceptors (Lipinski definition) is 4. The molecule has 1 saturated carbocycles. The lowest BCUT2D eigenvalue weighted by atomic mass is 9.75. The summed E-state index contributed by atoms with van der Waals surface area (Å²) in [7, 11) is 4.03. The quantitative estimate of drug-likeness (QED) is 0.839. The number of carbonyl (C=O) groups excluding carboxylic acids is 1. The van der Waals surface area contributed by atoms with E-state index in [0.717, 1.165) is 12.8 Å². The predicted octanol–water partition coefficient (Wildman–Crippen LogP) is 0.994. The van der Waals surface area contributed by atoms with E-state index >= 15 is 0 Å². The molecule has 1 heterocycles. The number of amides is 1. The molecule has 1 aliphatic rings. The number of hydrogen-bond donors (Lipinski definition) is 2. The van der Waals surface area contributed by atoms with E-state index in [-0.39, 0.29) is 17.1 Å². The van der Waals surface area contributed by atoms with Gasteiger partial charge in [-0.1, -0.05) is 0 Å². The molecule has 2 rings (SSSR count). The van der Waals surface area contributed by atoms with E-state index in [4.69, 9.17) is 5.11 Å². The van der Waals surface area contributed by atoms with Gasteiger partial charge in [-0.05, 0) is 45.5 Å². The minimum absolute atomic E-state index is 0.0400. The van der Waals surface area contributed by atoms with Gasteiger partial charge in [0.05, 0.1) is 0 Å². The Morgan fingerprint density at radius 3 is 2.65 bits per heavy atom. The highest BCUT2D eigenvalue weighted by molar-refractivity contribution is 5.96. The Balaban J connectivity index is 2.02. The second-order valence-corrected chi connectivity index (χ2v) is 5.39. The summed E-state index contributed by atoms with van der Waals surface area (Å²) >= 11 is 0. The molecule has 1 aromatic rings. The summed E-state index contributed by atoms with van der Waals surface area (Å²) in [5, 5.41) is 11.8. The van der Waals surface area contributed by atoms with E-state index in [0.29, 0.717) is 12.1 Å². The molecule has 108 valence electrons. The largest absolute Gasteiger partial charge is 0.477 e. The fraction of sp³-hybridized carbons (Fsp3) is 0.500. The van der Waals surface area contributed by atoms with Crippen molar-refractivity contribution in [2.75, 3.05) is 20.6 Å². The van der Waals surface area contributed by atoms with Crippen molar-refractivity contribution in [1.82, 2.24) is 15.2 Å². The maximum absolute atomic E-state index is 12.1. The summed E-state index contributed by atoms with van der Waals surface area (Å²) in [5.41, 5.74) is 0.243. The first-order valence-electron chi connectivity index (χ1n) is 6.60. The Bertz CT molecular complexity index is 524. The van der Waals surface area contributed by atoms with Crippen LogP contribution >= 0.6 is 0 Å². The zero-order valence-corrected chi connectivity index (χ0v) is 11.7. The van der Waals surface area contributed by atoms with Gasteiger partial charge >= 0.3 is 5.97 Å². The molecule has 1 aliphatic carbocycles. The number of aromatic nitrogens is 1. The molecule has 2 N–H and O–H groups in total. The number of likely N-dealkylation sites (N-methyl/N-ethyl adjacent to an activating group) is 1. The maximum Gasteiger partial charge on any atom is 0.354 e. The Labute approximate surface area is 117 Å². The molecule has 0 spiro atoms. The molecule has 0 atom stereocenters. The van der Waals surface area contributed by atoms with Crippen LogP contribution in [-0.2, 0) is 0 Å². The fourth-order valence-electron chi connectivity index (χ4n) is 2.40. The third-order valence-corrected chi connectivity index (χ3v) is 4.05. The van der Waals surface area contributed by atoms with Gasteiger partial charge in [-0.25, -0.2) is 9.78 Å². The van der Waals surface area contributed by atoms with Crippen LogP contribution in [0.5, 0.6) is 0 Å². The first kappa shape index (κ1) is 14.5. The highest BCUT2D eigenvalue weighted by atomic mass is 16.4. The first-order valence-corrected chi connectivity index (χ1v) is 6.60. The average molecular weight is 277 g/mol. The molecule has 1 aromatic heterocycles. The van der Waals surface area contributed by atoms with Gasteiger partial charge in [-0.2, -0.15) is 0 Å². The van der Waals surface area contributed by atoms with Crippen molar-refractivity contribution in [1.29, 1.82) is 0 Å². The second-order valence-electron chi connectivity index (χ2n) is 5.39. The Morgan fingerprint density at radius 2 is 2.15 bits per heavy atom. The minimum atomic E-state index is -1.14. The van der Waals surface area contributed by atoms with Crippen LogP contribution in [0.4, 0.5) is 0 Å². The van der Waals surface area contributed by atoms with E-state index in [9.17, 15) is 9.59 Å². The topological polar surface area (TPSA) is 82.5 Å². The lowest BCUT2D eigenvalue weighted by Gasteiger charge is -2.47. The third kappa shape index (κ3) is 2.80. The number of carbonyl (C=O) groups is 2. The molecule has 1 amide bonds. The predicted molar refractivity (Wildman–Crippen MR) is 73.8 cm³/mol. The van der Waals surface area contributed by atoms with Gasteiger partial charge in [-0.3, -0.25) is 4.79 Å². The molecule has 0 bridgehead atoms. The van der Waals surface area contributed by atoms with Gasteiger partial charge < -0.3 is 15.3 Å². The van der Waals surface area contributed by atoms with E-state index < -0.39 is 5.97 Å². The molecule has 0 aromatic carbocycles. The van der Waals surface area contributed by atoms with Gasteiger partial charge in [0.1, 0.15) is 5.69 Å². The SMILES string of the molecule is CN(C)C1(CNC(=O)c2ccnc(C(=O)O)c2)CCC1. The molecule has 0 saturated heterocycles. The molecule has 0 unspecified atom stereocenters. The van der Waals surface area contributed by atoms with Crippen LogP contribution < -0.4 is 5.32 Å². The number of carboxylic acids is 1. The van der Waals surface area contributed by atoms with Crippen molar-refractivity contribution in [3.63, 3.8) is 0 Å². The number of carboxylic acid groups (broad SMARTS) is 1.